The molecule has 38 heavy (non-hydrogen) atoms. The van der Waals surface area contributed by atoms with E-state index in [0.717, 1.165) is 25.3 Å². The Morgan fingerprint density at radius 3 is 2.11 bits per heavy atom. The standard InChI is InChI=1S/C26H28FN3O6S2/c1-36-21-11-15-23(16-12-21)38(34,35)30(25-8-4-3-7-24(25)27)19-26(31)28-20-9-13-22(14-10-20)37(32,33)29-17-5-2-6-18-29/h3-4,7-16H,2,5-6,17-19H2,1H3,(H,28,31). The van der Waals surface area contributed by atoms with Gasteiger partial charge in [-0.15, -0.1) is 0 Å². The lowest BCUT2D eigenvalue weighted by molar-refractivity contribution is -0.114. The number of piperidine rings is 1. The van der Waals surface area contributed by atoms with Gasteiger partial charge in [-0.2, -0.15) is 4.31 Å². The van der Waals surface area contributed by atoms with E-state index in [1.54, 1.807) is 0 Å². The summed E-state index contributed by atoms with van der Waals surface area (Å²) >= 11 is 0. The SMILES string of the molecule is COc1ccc(S(=O)(=O)N(CC(=O)Nc2ccc(S(=O)(=O)N3CCCCC3)cc2)c2ccccc2F)cc1. The van der Waals surface area contributed by atoms with Gasteiger partial charge in [0, 0.05) is 18.8 Å². The lowest BCUT2D eigenvalue weighted by atomic mass is 10.2. The van der Waals surface area contributed by atoms with Crippen molar-refractivity contribution in [2.24, 2.45) is 0 Å². The van der Waals surface area contributed by atoms with E-state index in [0.29, 0.717) is 23.1 Å². The summed E-state index contributed by atoms with van der Waals surface area (Å²) in [5.41, 5.74) is -0.0237. The van der Waals surface area contributed by atoms with Gasteiger partial charge in [-0.25, -0.2) is 21.2 Å². The molecule has 1 amide bonds. The number of benzene rings is 3. The van der Waals surface area contributed by atoms with Gasteiger partial charge in [0.05, 0.1) is 22.6 Å². The largest absolute Gasteiger partial charge is 0.497 e. The van der Waals surface area contributed by atoms with Crippen molar-refractivity contribution in [3.05, 3.63) is 78.6 Å². The van der Waals surface area contributed by atoms with Crippen LogP contribution in [-0.4, -0.2) is 53.8 Å². The highest BCUT2D eigenvalue weighted by Gasteiger charge is 2.30. The molecule has 12 heteroatoms. The van der Waals surface area contributed by atoms with Gasteiger partial charge >= 0.3 is 0 Å². The van der Waals surface area contributed by atoms with Crippen LogP contribution in [0.5, 0.6) is 5.75 Å². The number of nitrogens with zero attached hydrogens (tertiary/aromatic N) is 2. The average Bonchev–Trinajstić information content (AvgIpc) is 2.93. The molecule has 0 radical (unpaired) electrons. The molecular formula is C26H28FN3O6S2. The third kappa shape index (κ3) is 5.98. The lowest BCUT2D eigenvalue weighted by Gasteiger charge is -2.26. The maximum absolute atomic E-state index is 14.7. The number of para-hydroxylation sites is 1. The highest BCUT2D eigenvalue weighted by Crippen LogP contribution is 2.28. The van der Waals surface area contributed by atoms with Crippen LogP contribution in [0, 0.1) is 5.82 Å². The van der Waals surface area contributed by atoms with E-state index in [4.69, 9.17) is 4.74 Å². The van der Waals surface area contributed by atoms with Crippen LogP contribution in [0.25, 0.3) is 0 Å². The summed E-state index contributed by atoms with van der Waals surface area (Å²) in [6.45, 7) is 0.216. The first-order valence-corrected chi connectivity index (χ1v) is 14.8. The number of anilines is 2. The zero-order valence-electron chi connectivity index (χ0n) is 20.7. The smallest absolute Gasteiger partial charge is 0.264 e. The first kappa shape index (κ1) is 27.6. The van der Waals surface area contributed by atoms with Crippen LogP contribution in [0.3, 0.4) is 0 Å². The molecule has 0 spiro atoms. The molecule has 9 nitrogen and oxygen atoms in total. The van der Waals surface area contributed by atoms with Crippen molar-refractivity contribution in [1.29, 1.82) is 0 Å². The Kier molecular flexibility index (Phi) is 8.34. The fraction of sp³-hybridized carbons (Fsp3) is 0.269. The molecule has 1 N–H and O–H groups in total. The number of ether oxygens (including phenoxy) is 1. The second-order valence-corrected chi connectivity index (χ2v) is 12.5. The zero-order chi connectivity index (χ0) is 27.3. The van der Waals surface area contributed by atoms with E-state index in [9.17, 15) is 26.0 Å². The predicted octanol–water partition coefficient (Wildman–Crippen LogP) is 3.84. The molecule has 1 aliphatic heterocycles. The molecule has 1 saturated heterocycles. The maximum atomic E-state index is 14.7. The van der Waals surface area contributed by atoms with Crippen molar-refractivity contribution < 1.29 is 30.8 Å². The van der Waals surface area contributed by atoms with Crippen molar-refractivity contribution in [2.45, 2.75) is 29.1 Å². The lowest BCUT2D eigenvalue weighted by Crippen LogP contribution is -2.38. The summed E-state index contributed by atoms with van der Waals surface area (Å²) in [6.07, 6.45) is 2.62. The first-order valence-electron chi connectivity index (χ1n) is 11.9. The molecule has 0 aromatic heterocycles. The predicted molar refractivity (Wildman–Crippen MR) is 142 cm³/mol. The molecule has 0 unspecified atom stereocenters. The number of halogens is 1. The monoisotopic (exact) mass is 561 g/mol. The van der Waals surface area contributed by atoms with Crippen molar-refractivity contribution in [2.75, 3.05) is 36.4 Å². The van der Waals surface area contributed by atoms with Gasteiger partial charge in [-0.05, 0) is 73.5 Å². The summed E-state index contributed by atoms with van der Waals surface area (Å²) in [4.78, 5) is 12.9. The fourth-order valence-corrected chi connectivity index (χ4v) is 7.07. The molecule has 3 aromatic carbocycles. The average molecular weight is 562 g/mol. The van der Waals surface area contributed by atoms with Crippen LogP contribution in [0.1, 0.15) is 19.3 Å². The van der Waals surface area contributed by atoms with Crippen LogP contribution in [0.2, 0.25) is 0 Å². The van der Waals surface area contributed by atoms with E-state index in [-0.39, 0.29) is 21.2 Å². The van der Waals surface area contributed by atoms with Crippen molar-refractivity contribution in [1.82, 2.24) is 4.31 Å². The third-order valence-electron chi connectivity index (χ3n) is 6.15. The van der Waals surface area contributed by atoms with Gasteiger partial charge in [0.15, 0.2) is 0 Å². The Balaban J connectivity index is 1.55. The normalized spacial score (nSPS) is 14.6. The summed E-state index contributed by atoms with van der Waals surface area (Å²) in [7, 11) is -6.54. The third-order valence-corrected chi connectivity index (χ3v) is 9.83. The van der Waals surface area contributed by atoms with E-state index in [1.165, 1.54) is 78.1 Å². The number of nitrogens with one attached hydrogen (secondary N) is 1. The Morgan fingerprint density at radius 1 is 0.895 bits per heavy atom. The number of hydrogen-bond donors (Lipinski definition) is 1. The van der Waals surface area contributed by atoms with Crippen LogP contribution >= 0.6 is 0 Å². The summed E-state index contributed by atoms with van der Waals surface area (Å²) in [5.74, 6) is -1.12. The second kappa shape index (κ2) is 11.5. The van der Waals surface area contributed by atoms with Crippen LogP contribution < -0.4 is 14.4 Å². The minimum atomic E-state index is -4.34. The molecule has 0 atom stereocenters. The molecular weight excluding hydrogens is 533 g/mol. The number of carbonyl (C=O) groups is 1. The zero-order valence-corrected chi connectivity index (χ0v) is 22.3. The molecule has 202 valence electrons. The number of hydrogen-bond acceptors (Lipinski definition) is 6. The van der Waals surface area contributed by atoms with E-state index in [2.05, 4.69) is 5.32 Å². The topological polar surface area (TPSA) is 113 Å². The summed E-state index contributed by atoms with van der Waals surface area (Å²) in [5, 5.41) is 2.57. The number of carbonyl (C=O) groups excluding carboxylic acids is 1. The van der Waals surface area contributed by atoms with Crippen molar-refractivity contribution in [3.63, 3.8) is 0 Å². The first-order chi connectivity index (χ1) is 18.1. The minimum Gasteiger partial charge on any atom is -0.497 e. The van der Waals surface area contributed by atoms with Crippen molar-refractivity contribution >= 4 is 37.3 Å². The fourth-order valence-electron chi connectivity index (χ4n) is 4.12. The number of amides is 1. The minimum absolute atomic E-state index is 0.104. The Hall–Kier alpha value is -3.48. The molecule has 1 fully saturated rings. The van der Waals surface area contributed by atoms with Gasteiger partial charge in [0.1, 0.15) is 18.1 Å². The molecule has 0 bridgehead atoms. The van der Waals surface area contributed by atoms with E-state index >= 15 is 0 Å². The van der Waals surface area contributed by atoms with Crippen molar-refractivity contribution in [3.8, 4) is 5.75 Å². The van der Waals surface area contributed by atoms with Gasteiger partial charge in [0.2, 0.25) is 15.9 Å². The van der Waals surface area contributed by atoms with Gasteiger partial charge in [-0.3, -0.25) is 9.10 Å². The molecule has 0 saturated carbocycles. The van der Waals surface area contributed by atoms with Gasteiger partial charge < -0.3 is 10.1 Å². The van der Waals surface area contributed by atoms with Gasteiger partial charge in [-0.1, -0.05) is 18.6 Å². The Morgan fingerprint density at radius 2 is 1.50 bits per heavy atom. The van der Waals surface area contributed by atoms with E-state index in [1.807, 2.05) is 0 Å². The molecule has 4 rings (SSSR count). The second-order valence-electron chi connectivity index (χ2n) is 8.68. The Labute approximate surface area is 221 Å². The summed E-state index contributed by atoms with van der Waals surface area (Å²) < 4.78 is 74.5. The number of methoxy groups -OCH3 is 1. The summed E-state index contributed by atoms with van der Waals surface area (Å²) in [6, 6.07) is 16.4. The highest BCUT2D eigenvalue weighted by atomic mass is 32.2. The maximum Gasteiger partial charge on any atom is 0.264 e. The van der Waals surface area contributed by atoms with Crippen LogP contribution in [-0.2, 0) is 24.8 Å². The van der Waals surface area contributed by atoms with Crippen LogP contribution in [0.4, 0.5) is 15.8 Å². The molecule has 0 aliphatic carbocycles. The highest BCUT2D eigenvalue weighted by molar-refractivity contribution is 7.92. The van der Waals surface area contributed by atoms with E-state index < -0.39 is 38.3 Å². The number of sulfonamides is 2. The molecule has 1 aliphatic rings. The molecule has 3 aromatic rings. The number of rotatable bonds is 9. The van der Waals surface area contributed by atoms with Crippen LogP contribution in [0.15, 0.2) is 82.6 Å². The molecule has 1 heterocycles. The quantitative estimate of drug-likeness (QED) is 0.425. The Bertz CT molecular complexity index is 1490. The van der Waals surface area contributed by atoms with Gasteiger partial charge in [0.25, 0.3) is 10.0 Å².